The highest BCUT2D eigenvalue weighted by Crippen LogP contribution is 2.40. The number of nitriles is 1. The van der Waals surface area contributed by atoms with E-state index in [2.05, 4.69) is 5.32 Å². The number of benzene rings is 1. The minimum absolute atomic E-state index is 0.0239. The van der Waals surface area contributed by atoms with Gasteiger partial charge in [0.05, 0.1) is 11.3 Å². The first-order valence-electron chi connectivity index (χ1n) is 7.32. The predicted molar refractivity (Wildman–Crippen MR) is 74.9 cm³/mol. The van der Waals surface area contributed by atoms with Crippen molar-refractivity contribution in [3.63, 3.8) is 0 Å². The number of ether oxygens (including phenoxy) is 1. The number of hydrogen-bond donors (Lipinski definition) is 1. The van der Waals surface area contributed by atoms with Crippen LogP contribution in [0.15, 0.2) is 18.2 Å². The molecule has 1 atom stereocenters. The van der Waals surface area contributed by atoms with Crippen molar-refractivity contribution in [2.24, 2.45) is 0 Å². The Balaban J connectivity index is 1.75. The first kappa shape index (κ1) is 13.4. The van der Waals surface area contributed by atoms with E-state index in [1.165, 1.54) is 18.9 Å². The summed E-state index contributed by atoms with van der Waals surface area (Å²) in [7, 11) is 0. The third-order valence-corrected chi connectivity index (χ3v) is 4.49. The normalized spacial score (nSPS) is 24.5. The number of rotatable bonds is 2. The molecule has 3 nitrogen and oxygen atoms in total. The highest BCUT2D eigenvalue weighted by atomic mass is 19.1. The second-order valence-electron chi connectivity index (χ2n) is 5.85. The van der Waals surface area contributed by atoms with Crippen LogP contribution in [-0.4, -0.2) is 18.2 Å². The lowest BCUT2D eigenvalue weighted by Crippen LogP contribution is -2.42. The van der Waals surface area contributed by atoms with E-state index in [-0.39, 0.29) is 17.2 Å². The Bertz CT molecular complexity index is 532. The Labute approximate surface area is 118 Å². The zero-order chi connectivity index (χ0) is 14.0. The molecule has 1 saturated carbocycles. The molecule has 2 fully saturated rings. The SMILES string of the molecule is N#Cc1c(F)cccc1NC1CCOC2(CCCC2)C1. The van der Waals surface area contributed by atoms with Gasteiger partial charge in [-0.15, -0.1) is 0 Å². The lowest BCUT2D eigenvalue weighted by atomic mass is 9.88. The Kier molecular flexibility index (Phi) is 3.62. The summed E-state index contributed by atoms with van der Waals surface area (Å²) < 4.78 is 19.6. The average Bonchev–Trinajstić information content (AvgIpc) is 2.87. The molecule has 1 aliphatic heterocycles. The van der Waals surface area contributed by atoms with Gasteiger partial charge in [-0.25, -0.2) is 4.39 Å². The number of nitrogens with zero attached hydrogens (tertiary/aromatic N) is 1. The fraction of sp³-hybridized carbons (Fsp3) is 0.562. The van der Waals surface area contributed by atoms with Crippen molar-refractivity contribution in [1.29, 1.82) is 5.26 Å². The van der Waals surface area contributed by atoms with Gasteiger partial charge in [0.2, 0.25) is 0 Å². The van der Waals surface area contributed by atoms with Gasteiger partial charge >= 0.3 is 0 Å². The van der Waals surface area contributed by atoms with Gasteiger partial charge in [0, 0.05) is 12.6 Å². The molecule has 106 valence electrons. The molecule has 1 saturated heterocycles. The molecule has 20 heavy (non-hydrogen) atoms. The first-order valence-corrected chi connectivity index (χ1v) is 7.32. The number of halogens is 1. The van der Waals surface area contributed by atoms with Crippen LogP contribution in [0, 0.1) is 17.1 Å². The van der Waals surface area contributed by atoms with Crippen molar-refractivity contribution in [3.8, 4) is 6.07 Å². The molecule has 1 heterocycles. The molecule has 0 aromatic heterocycles. The minimum Gasteiger partial charge on any atom is -0.381 e. The van der Waals surface area contributed by atoms with Crippen LogP contribution in [0.4, 0.5) is 10.1 Å². The zero-order valence-corrected chi connectivity index (χ0v) is 11.5. The van der Waals surface area contributed by atoms with Crippen LogP contribution >= 0.6 is 0 Å². The van der Waals surface area contributed by atoms with E-state index in [1.807, 2.05) is 6.07 Å². The van der Waals surface area contributed by atoms with Gasteiger partial charge in [-0.2, -0.15) is 5.26 Å². The summed E-state index contributed by atoms with van der Waals surface area (Å²) in [6.45, 7) is 0.745. The van der Waals surface area contributed by atoms with Gasteiger partial charge in [0.1, 0.15) is 17.4 Å². The average molecular weight is 274 g/mol. The monoisotopic (exact) mass is 274 g/mol. The maximum atomic E-state index is 13.6. The van der Waals surface area contributed by atoms with Crippen LogP contribution in [0.5, 0.6) is 0 Å². The molecule has 1 unspecified atom stereocenters. The van der Waals surface area contributed by atoms with E-state index in [4.69, 9.17) is 10.00 Å². The van der Waals surface area contributed by atoms with Crippen molar-refractivity contribution >= 4 is 5.69 Å². The Morgan fingerprint density at radius 2 is 2.15 bits per heavy atom. The molecule has 1 aromatic carbocycles. The maximum Gasteiger partial charge on any atom is 0.143 e. The van der Waals surface area contributed by atoms with Crippen LogP contribution in [0.3, 0.4) is 0 Å². The van der Waals surface area contributed by atoms with E-state index in [0.717, 1.165) is 32.3 Å². The lowest BCUT2D eigenvalue weighted by molar-refractivity contribution is -0.0767. The van der Waals surface area contributed by atoms with E-state index >= 15 is 0 Å². The van der Waals surface area contributed by atoms with E-state index < -0.39 is 5.82 Å². The molecule has 1 spiro atoms. The molecular formula is C16H19FN2O. The lowest BCUT2D eigenvalue weighted by Gasteiger charge is -2.39. The minimum atomic E-state index is -0.458. The molecule has 0 bridgehead atoms. The summed E-state index contributed by atoms with van der Waals surface area (Å²) >= 11 is 0. The predicted octanol–water partition coefficient (Wildman–Crippen LogP) is 3.60. The highest BCUT2D eigenvalue weighted by molar-refractivity contribution is 5.58. The number of hydrogen-bond acceptors (Lipinski definition) is 3. The van der Waals surface area contributed by atoms with Crippen LogP contribution in [0.2, 0.25) is 0 Å². The van der Waals surface area contributed by atoms with Crippen molar-refractivity contribution in [2.45, 2.75) is 50.2 Å². The van der Waals surface area contributed by atoms with Crippen LogP contribution < -0.4 is 5.32 Å². The van der Waals surface area contributed by atoms with Crippen molar-refractivity contribution in [2.75, 3.05) is 11.9 Å². The van der Waals surface area contributed by atoms with Crippen molar-refractivity contribution in [1.82, 2.24) is 0 Å². The maximum absolute atomic E-state index is 13.6. The topological polar surface area (TPSA) is 45.0 Å². The smallest absolute Gasteiger partial charge is 0.143 e. The van der Waals surface area contributed by atoms with Crippen molar-refractivity contribution in [3.05, 3.63) is 29.6 Å². The number of anilines is 1. The van der Waals surface area contributed by atoms with Crippen LogP contribution in [0.25, 0.3) is 0 Å². The fourth-order valence-electron chi connectivity index (χ4n) is 3.50. The first-order chi connectivity index (χ1) is 9.72. The van der Waals surface area contributed by atoms with Crippen LogP contribution in [-0.2, 0) is 4.74 Å². The van der Waals surface area contributed by atoms with E-state index in [0.29, 0.717) is 5.69 Å². The summed E-state index contributed by atoms with van der Waals surface area (Å²) in [4.78, 5) is 0. The fourth-order valence-corrected chi connectivity index (χ4v) is 3.50. The van der Waals surface area contributed by atoms with Gasteiger partial charge < -0.3 is 10.1 Å². The molecule has 3 rings (SSSR count). The molecular weight excluding hydrogens is 255 g/mol. The summed E-state index contributed by atoms with van der Waals surface area (Å²) in [6.07, 6.45) is 6.57. The molecule has 0 amide bonds. The van der Waals surface area contributed by atoms with Gasteiger partial charge in [0.15, 0.2) is 0 Å². The molecule has 1 aromatic rings. The summed E-state index contributed by atoms with van der Waals surface area (Å²) in [5, 5.41) is 12.4. The molecule has 1 aliphatic carbocycles. The Morgan fingerprint density at radius 1 is 1.35 bits per heavy atom. The third kappa shape index (κ3) is 2.51. The van der Waals surface area contributed by atoms with Gasteiger partial charge in [-0.1, -0.05) is 18.9 Å². The Hall–Kier alpha value is -1.60. The number of nitrogens with one attached hydrogen (secondary N) is 1. The second kappa shape index (κ2) is 5.41. The van der Waals surface area contributed by atoms with Crippen LogP contribution in [0.1, 0.15) is 44.1 Å². The highest BCUT2D eigenvalue weighted by Gasteiger charge is 2.39. The van der Waals surface area contributed by atoms with Crippen molar-refractivity contribution < 1.29 is 9.13 Å². The Morgan fingerprint density at radius 3 is 2.90 bits per heavy atom. The molecule has 0 radical (unpaired) electrons. The van der Waals surface area contributed by atoms with E-state index in [1.54, 1.807) is 12.1 Å². The third-order valence-electron chi connectivity index (χ3n) is 4.49. The zero-order valence-electron chi connectivity index (χ0n) is 11.5. The van der Waals surface area contributed by atoms with Gasteiger partial charge in [-0.3, -0.25) is 0 Å². The standard InChI is InChI=1S/C16H19FN2O/c17-14-4-3-5-15(13(14)11-18)19-12-6-9-20-16(10-12)7-1-2-8-16/h3-5,12,19H,1-2,6-10H2. The van der Waals surface area contributed by atoms with Gasteiger partial charge in [-0.05, 0) is 37.8 Å². The summed E-state index contributed by atoms with van der Waals surface area (Å²) in [6, 6.07) is 6.95. The molecule has 4 heteroatoms. The summed E-state index contributed by atoms with van der Waals surface area (Å²) in [5.74, 6) is -0.458. The van der Waals surface area contributed by atoms with E-state index in [9.17, 15) is 4.39 Å². The second-order valence-corrected chi connectivity index (χ2v) is 5.85. The summed E-state index contributed by atoms with van der Waals surface area (Å²) in [5.41, 5.74) is 0.739. The molecule has 2 aliphatic rings. The quantitative estimate of drug-likeness (QED) is 0.896. The van der Waals surface area contributed by atoms with Gasteiger partial charge in [0.25, 0.3) is 0 Å². The largest absolute Gasteiger partial charge is 0.381 e. The molecule has 1 N–H and O–H groups in total.